The van der Waals surface area contributed by atoms with Crippen LogP contribution >= 0.6 is 11.3 Å². The van der Waals surface area contributed by atoms with Crippen molar-refractivity contribution in [3.8, 4) is 5.75 Å². The molecule has 4 heteroatoms. The number of carbonyl (C=O) groups excluding carboxylic acids is 1. The van der Waals surface area contributed by atoms with Crippen LogP contribution in [-0.2, 0) is 6.61 Å². The number of thiophene rings is 1. The Balaban J connectivity index is 1.61. The number of nitrogens with one attached hydrogen (secondary N) is 1. The summed E-state index contributed by atoms with van der Waals surface area (Å²) in [7, 11) is 0. The van der Waals surface area contributed by atoms with Gasteiger partial charge < -0.3 is 10.1 Å². The van der Waals surface area contributed by atoms with Crippen molar-refractivity contribution in [2.45, 2.75) is 40.2 Å². The van der Waals surface area contributed by atoms with Gasteiger partial charge in [0.25, 0.3) is 5.91 Å². The van der Waals surface area contributed by atoms with Crippen molar-refractivity contribution in [3.05, 3.63) is 81.0 Å². The first-order valence-electron chi connectivity index (χ1n) is 9.12. The minimum Gasteiger partial charge on any atom is -0.489 e. The second kappa shape index (κ2) is 8.40. The summed E-state index contributed by atoms with van der Waals surface area (Å²) < 4.78 is 5.85. The fourth-order valence-electron chi connectivity index (χ4n) is 2.87. The van der Waals surface area contributed by atoms with E-state index in [0.29, 0.717) is 17.4 Å². The first-order chi connectivity index (χ1) is 12.9. The zero-order valence-electron chi connectivity index (χ0n) is 16.2. The van der Waals surface area contributed by atoms with Crippen LogP contribution in [0.5, 0.6) is 5.75 Å². The normalized spacial score (nSPS) is 10.9. The summed E-state index contributed by atoms with van der Waals surface area (Å²) in [4.78, 5) is 13.3. The summed E-state index contributed by atoms with van der Waals surface area (Å²) in [5.41, 5.74) is 5.31. The second-order valence-electron chi connectivity index (χ2n) is 7.05. The molecule has 2 aromatic carbocycles. The average molecular weight is 380 g/mol. The number of amides is 1. The summed E-state index contributed by atoms with van der Waals surface area (Å²) in [6.07, 6.45) is 0. The molecule has 0 bridgehead atoms. The molecule has 0 aliphatic carbocycles. The van der Waals surface area contributed by atoms with Crippen molar-refractivity contribution in [3.63, 3.8) is 0 Å². The zero-order chi connectivity index (χ0) is 19.4. The van der Waals surface area contributed by atoms with Crippen LogP contribution < -0.4 is 10.1 Å². The van der Waals surface area contributed by atoms with Crippen LogP contribution in [0.15, 0.2) is 53.9 Å². The fraction of sp³-hybridized carbons (Fsp3) is 0.261. The Bertz CT molecular complexity index is 906. The molecular weight excluding hydrogens is 354 g/mol. The van der Waals surface area contributed by atoms with Gasteiger partial charge in [-0.3, -0.25) is 4.79 Å². The van der Waals surface area contributed by atoms with Gasteiger partial charge in [-0.2, -0.15) is 0 Å². The van der Waals surface area contributed by atoms with Crippen LogP contribution in [-0.4, -0.2) is 5.91 Å². The van der Waals surface area contributed by atoms with Gasteiger partial charge in [0.2, 0.25) is 0 Å². The highest BCUT2D eigenvalue weighted by molar-refractivity contribution is 7.12. The SMILES string of the molecule is Cc1cccc(C)c1NC(=O)c1cc(COc2ccc(C(C)C)cc2)cs1. The third-order valence-electron chi connectivity index (χ3n) is 4.55. The Kier molecular flexibility index (Phi) is 5.97. The Hall–Kier alpha value is -2.59. The van der Waals surface area contributed by atoms with E-state index in [1.165, 1.54) is 16.9 Å². The van der Waals surface area contributed by atoms with Gasteiger partial charge in [-0.15, -0.1) is 11.3 Å². The van der Waals surface area contributed by atoms with Gasteiger partial charge >= 0.3 is 0 Å². The molecule has 0 unspecified atom stereocenters. The molecule has 1 aromatic heterocycles. The van der Waals surface area contributed by atoms with Crippen molar-refractivity contribution < 1.29 is 9.53 Å². The van der Waals surface area contributed by atoms with E-state index in [2.05, 4.69) is 31.3 Å². The largest absolute Gasteiger partial charge is 0.489 e. The molecule has 140 valence electrons. The maximum absolute atomic E-state index is 12.6. The molecule has 0 atom stereocenters. The van der Waals surface area contributed by atoms with E-state index in [-0.39, 0.29) is 5.91 Å². The molecule has 0 radical (unpaired) electrons. The quantitative estimate of drug-likeness (QED) is 0.544. The monoisotopic (exact) mass is 379 g/mol. The lowest BCUT2D eigenvalue weighted by Crippen LogP contribution is -2.12. The standard InChI is InChI=1S/C23H25NO2S/c1-15(2)19-8-10-20(11-9-19)26-13-18-12-21(27-14-18)23(25)24-22-16(3)6-5-7-17(22)4/h5-12,14-15H,13H2,1-4H3,(H,24,25). The van der Waals surface area contributed by atoms with E-state index >= 15 is 0 Å². The number of hydrogen-bond acceptors (Lipinski definition) is 3. The smallest absolute Gasteiger partial charge is 0.265 e. The van der Waals surface area contributed by atoms with Gasteiger partial charge in [-0.05, 0) is 60.0 Å². The molecule has 3 nitrogen and oxygen atoms in total. The number of para-hydroxylation sites is 1. The van der Waals surface area contributed by atoms with E-state index in [1.807, 2.05) is 55.6 Å². The van der Waals surface area contributed by atoms with Crippen molar-refractivity contribution in [1.29, 1.82) is 0 Å². The Morgan fingerprint density at radius 2 is 1.74 bits per heavy atom. The summed E-state index contributed by atoms with van der Waals surface area (Å²) >= 11 is 1.44. The van der Waals surface area contributed by atoms with E-state index in [0.717, 1.165) is 28.1 Å². The van der Waals surface area contributed by atoms with E-state index in [9.17, 15) is 4.79 Å². The van der Waals surface area contributed by atoms with Gasteiger partial charge in [-0.25, -0.2) is 0 Å². The maximum Gasteiger partial charge on any atom is 0.265 e. The second-order valence-corrected chi connectivity index (χ2v) is 7.96. The van der Waals surface area contributed by atoms with Crippen molar-refractivity contribution >= 4 is 22.9 Å². The Morgan fingerprint density at radius 3 is 2.37 bits per heavy atom. The molecule has 0 aliphatic heterocycles. The van der Waals surface area contributed by atoms with Gasteiger partial charge in [0, 0.05) is 11.3 Å². The number of benzene rings is 2. The molecule has 0 saturated heterocycles. The predicted octanol–water partition coefficient (Wildman–Crippen LogP) is 6.32. The third kappa shape index (κ3) is 4.77. The van der Waals surface area contributed by atoms with Gasteiger partial charge in [-0.1, -0.05) is 44.2 Å². The Labute approximate surface area is 165 Å². The molecule has 1 amide bonds. The van der Waals surface area contributed by atoms with Crippen molar-refractivity contribution in [2.24, 2.45) is 0 Å². The minimum atomic E-state index is -0.0788. The molecule has 0 spiro atoms. The molecule has 0 aliphatic rings. The van der Waals surface area contributed by atoms with Gasteiger partial charge in [0.05, 0.1) is 4.88 Å². The first-order valence-corrected chi connectivity index (χ1v) is 9.99. The molecule has 27 heavy (non-hydrogen) atoms. The van der Waals surface area contributed by atoms with Crippen LogP contribution in [0.2, 0.25) is 0 Å². The van der Waals surface area contributed by atoms with E-state index < -0.39 is 0 Å². The Morgan fingerprint density at radius 1 is 1.07 bits per heavy atom. The number of rotatable bonds is 6. The summed E-state index contributed by atoms with van der Waals surface area (Å²) in [5.74, 6) is 1.27. The summed E-state index contributed by atoms with van der Waals surface area (Å²) in [6, 6.07) is 16.1. The van der Waals surface area contributed by atoms with Crippen LogP contribution in [0.1, 0.15) is 51.7 Å². The van der Waals surface area contributed by atoms with E-state index in [1.54, 1.807) is 0 Å². The number of carbonyl (C=O) groups is 1. The third-order valence-corrected chi connectivity index (χ3v) is 5.53. The summed E-state index contributed by atoms with van der Waals surface area (Å²) in [5, 5.41) is 5.00. The van der Waals surface area contributed by atoms with Gasteiger partial charge in [0.15, 0.2) is 0 Å². The molecule has 1 N–H and O–H groups in total. The molecular formula is C23H25NO2S. The first kappa shape index (κ1) is 19.2. The minimum absolute atomic E-state index is 0.0788. The highest BCUT2D eigenvalue weighted by Crippen LogP contribution is 2.24. The lowest BCUT2D eigenvalue weighted by atomic mass is 10.0. The zero-order valence-corrected chi connectivity index (χ0v) is 17.0. The molecule has 3 rings (SSSR count). The number of ether oxygens (including phenoxy) is 1. The molecule has 0 saturated carbocycles. The van der Waals surface area contributed by atoms with E-state index in [4.69, 9.17) is 4.74 Å². The lowest BCUT2D eigenvalue weighted by molar-refractivity contribution is 0.103. The van der Waals surface area contributed by atoms with Crippen molar-refractivity contribution in [1.82, 2.24) is 0 Å². The van der Waals surface area contributed by atoms with Crippen LogP contribution in [0.3, 0.4) is 0 Å². The fourth-order valence-corrected chi connectivity index (χ4v) is 3.66. The summed E-state index contributed by atoms with van der Waals surface area (Å²) in [6.45, 7) is 8.80. The molecule has 1 heterocycles. The molecule has 0 fully saturated rings. The topological polar surface area (TPSA) is 38.3 Å². The predicted molar refractivity (Wildman–Crippen MR) is 113 cm³/mol. The molecule has 3 aromatic rings. The number of anilines is 1. The highest BCUT2D eigenvalue weighted by Gasteiger charge is 2.12. The average Bonchev–Trinajstić information content (AvgIpc) is 3.12. The maximum atomic E-state index is 12.6. The van der Waals surface area contributed by atoms with Crippen LogP contribution in [0, 0.1) is 13.8 Å². The number of hydrogen-bond donors (Lipinski definition) is 1. The highest BCUT2D eigenvalue weighted by atomic mass is 32.1. The lowest BCUT2D eigenvalue weighted by Gasteiger charge is -2.10. The van der Waals surface area contributed by atoms with Gasteiger partial charge in [0.1, 0.15) is 12.4 Å². The number of aryl methyl sites for hydroxylation is 2. The van der Waals surface area contributed by atoms with Crippen LogP contribution in [0.25, 0.3) is 0 Å². The van der Waals surface area contributed by atoms with Crippen molar-refractivity contribution in [2.75, 3.05) is 5.32 Å². The van der Waals surface area contributed by atoms with Crippen LogP contribution in [0.4, 0.5) is 5.69 Å².